The van der Waals surface area contributed by atoms with Gasteiger partial charge in [-0.3, -0.25) is 4.79 Å². The molecule has 0 saturated heterocycles. The van der Waals surface area contributed by atoms with Crippen molar-refractivity contribution >= 4 is 39.0 Å². The Morgan fingerprint density at radius 3 is 2.71 bits per heavy atom. The zero-order chi connectivity index (χ0) is 19.5. The Kier molecular flexibility index (Phi) is 4.99. The first-order chi connectivity index (χ1) is 13.6. The molecule has 2 aromatic heterocycles. The van der Waals surface area contributed by atoms with Crippen molar-refractivity contribution in [2.24, 2.45) is 0 Å². The number of likely N-dealkylation sites (N-methyl/N-ethyl adjacent to an activating group) is 1. The summed E-state index contributed by atoms with van der Waals surface area (Å²) in [7, 11) is 1.80. The van der Waals surface area contributed by atoms with E-state index in [1.54, 1.807) is 35.4 Å². The summed E-state index contributed by atoms with van der Waals surface area (Å²) in [6.07, 6.45) is 1.50. The van der Waals surface area contributed by atoms with Gasteiger partial charge in [0.25, 0.3) is 0 Å². The Labute approximate surface area is 165 Å². The van der Waals surface area contributed by atoms with E-state index >= 15 is 0 Å². The number of nitrogens with zero attached hydrogens (tertiary/aromatic N) is 3. The summed E-state index contributed by atoms with van der Waals surface area (Å²) >= 11 is 1.59. The number of nitrogens with one attached hydrogen (secondary N) is 1. The van der Waals surface area contributed by atoms with Crippen LogP contribution in [-0.4, -0.2) is 29.5 Å². The van der Waals surface area contributed by atoms with Crippen LogP contribution in [0.5, 0.6) is 0 Å². The molecule has 0 aliphatic carbocycles. The molecular weight excluding hydrogens is 375 g/mol. The molecule has 0 aliphatic heterocycles. The van der Waals surface area contributed by atoms with Crippen LogP contribution in [0.15, 0.2) is 67.0 Å². The van der Waals surface area contributed by atoms with Crippen molar-refractivity contribution in [2.75, 3.05) is 23.8 Å². The van der Waals surface area contributed by atoms with Crippen molar-refractivity contribution in [3.8, 4) is 10.4 Å². The van der Waals surface area contributed by atoms with E-state index in [2.05, 4.69) is 15.3 Å². The van der Waals surface area contributed by atoms with Gasteiger partial charge in [0.1, 0.15) is 22.8 Å². The molecule has 7 heteroatoms. The molecule has 5 nitrogen and oxygen atoms in total. The van der Waals surface area contributed by atoms with Crippen LogP contribution in [0.25, 0.3) is 20.7 Å². The SMILES string of the molecule is CN(CC(=O)Nc1cccc(F)c1)c1ncnc2sc(-c3ccccc3)cc12. The highest BCUT2D eigenvalue weighted by molar-refractivity contribution is 7.21. The molecule has 1 amide bonds. The molecule has 2 heterocycles. The fourth-order valence-corrected chi connectivity index (χ4v) is 3.95. The van der Waals surface area contributed by atoms with Gasteiger partial charge in [-0.15, -0.1) is 11.3 Å². The van der Waals surface area contributed by atoms with Gasteiger partial charge in [-0.2, -0.15) is 0 Å². The highest BCUT2D eigenvalue weighted by atomic mass is 32.1. The van der Waals surface area contributed by atoms with Crippen LogP contribution >= 0.6 is 11.3 Å². The Bertz CT molecular complexity index is 1130. The zero-order valence-electron chi connectivity index (χ0n) is 15.1. The maximum absolute atomic E-state index is 13.3. The third-order valence-corrected chi connectivity index (χ3v) is 5.31. The Hall–Kier alpha value is -3.32. The molecular formula is C21H17FN4OS. The molecule has 28 heavy (non-hydrogen) atoms. The van der Waals surface area contributed by atoms with E-state index in [-0.39, 0.29) is 12.5 Å². The number of benzene rings is 2. The second kappa shape index (κ2) is 7.74. The van der Waals surface area contributed by atoms with Crippen LogP contribution in [0.3, 0.4) is 0 Å². The molecule has 0 radical (unpaired) electrons. The molecule has 0 atom stereocenters. The number of hydrogen-bond donors (Lipinski definition) is 1. The number of aromatic nitrogens is 2. The summed E-state index contributed by atoms with van der Waals surface area (Å²) in [6.45, 7) is 0.0825. The van der Waals surface area contributed by atoms with Gasteiger partial charge in [-0.25, -0.2) is 14.4 Å². The molecule has 0 saturated carbocycles. The summed E-state index contributed by atoms with van der Waals surface area (Å²) in [5.74, 6) is 0.0339. The van der Waals surface area contributed by atoms with Gasteiger partial charge in [0, 0.05) is 17.6 Å². The Balaban J connectivity index is 1.56. The zero-order valence-corrected chi connectivity index (χ0v) is 15.9. The first-order valence-corrected chi connectivity index (χ1v) is 9.48. The molecule has 2 aromatic carbocycles. The van der Waals surface area contributed by atoms with Crippen molar-refractivity contribution in [1.82, 2.24) is 9.97 Å². The Morgan fingerprint density at radius 1 is 1.11 bits per heavy atom. The quantitative estimate of drug-likeness (QED) is 0.540. The van der Waals surface area contributed by atoms with Crippen molar-refractivity contribution < 1.29 is 9.18 Å². The lowest BCUT2D eigenvalue weighted by molar-refractivity contribution is -0.114. The Morgan fingerprint density at radius 2 is 1.93 bits per heavy atom. The molecule has 0 aliphatic rings. The molecule has 140 valence electrons. The molecule has 1 N–H and O–H groups in total. The average molecular weight is 392 g/mol. The summed E-state index contributed by atoms with van der Waals surface area (Å²) in [5.41, 5.74) is 1.54. The van der Waals surface area contributed by atoms with Crippen molar-refractivity contribution in [3.63, 3.8) is 0 Å². The molecule has 0 bridgehead atoms. The number of fused-ring (bicyclic) bond motifs is 1. The second-order valence-electron chi connectivity index (χ2n) is 6.31. The van der Waals surface area contributed by atoms with Crippen LogP contribution < -0.4 is 10.2 Å². The van der Waals surface area contributed by atoms with E-state index < -0.39 is 5.82 Å². The molecule has 4 rings (SSSR count). The molecule has 0 unspecified atom stereocenters. The standard InChI is InChI=1S/C21H17FN4OS/c1-26(12-19(27)25-16-9-5-8-15(22)10-16)20-17-11-18(14-6-3-2-4-7-14)28-21(17)24-13-23-20/h2-11,13H,12H2,1H3,(H,25,27). The predicted octanol–water partition coefficient (Wildman–Crippen LogP) is 4.57. The fraction of sp³-hybridized carbons (Fsp3) is 0.0952. The predicted molar refractivity (Wildman–Crippen MR) is 111 cm³/mol. The third kappa shape index (κ3) is 3.84. The number of hydrogen-bond acceptors (Lipinski definition) is 5. The third-order valence-electron chi connectivity index (χ3n) is 4.22. The lowest BCUT2D eigenvalue weighted by atomic mass is 10.2. The average Bonchev–Trinajstić information content (AvgIpc) is 3.13. The summed E-state index contributed by atoms with van der Waals surface area (Å²) in [6, 6.07) is 17.9. The van der Waals surface area contributed by atoms with E-state index in [9.17, 15) is 9.18 Å². The highest BCUT2D eigenvalue weighted by Crippen LogP contribution is 2.35. The number of carbonyl (C=O) groups is 1. The van der Waals surface area contributed by atoms with E-state index in [1.165, 1.54) is 18.5 Å². The van der Waals surface area contributed by atoms with Crippen molar-refractivity contribution in [3.05, 3.63) is 72.8 Å². The van der Waals surface area contributed by atoms with Crippen LogP contribution in [-0.2, 0) is 4.79 Å². The highest BCUT2D eigenvalue weighted by Gasteiger charge is 2.15. The summed E-state index contributed by atoms with van der Waals surface area (Å²) < 4.78 is 13.3. The molecule has 0 fully saturated rings. The van der Waals surface area contributed by atoms with Crippen LogP contribution in [0.1, 0.15) is 0 Å². The smallest absolute Gasteiger partial charge is 0.243 e. The maximum Gasteiger partial charge on any atom is 0.243 e. The minimum atomic E-state index is -0.393. The minimum Gasteiger partial charge on any atom is -0.350 e. The van der Waals surface area contributed by atoms with Gasteiger partial charge in [-0.05, 0) is 29.8 Å². The number of carbonyl (C=O) groups excluding carboxylic acids is 1. The van der Waals surface area contributed by atoms with Crippen LogP contribution in [0, 0.1) is 5.82 Å². The van der Waals surface area contributed by atoms with E-state index in [4.69, 9.17) is 0 Å². The van der Waals surface area contributed by atoms with Crippen LogP contribution in [0.2, 0.25) is 0 Å². The van der Waals surface area contributed by atoms with Gasteiger partial charge >= 0.3 is 0 Å². The van der Waals surface area contributed by atoms with Crippen molar-refractivity contribution in [1.29, 1.82) is 0 Å². The second-order valence-corrected chi connectivity index (χ2v) is 7.34. The molecule has 4 aromatic rings. The number of rotatable bonds is 5. The van der Waals surface area contributed by atoms with Gasteiger partial charge in [0.2, 0.25) is 5.91 Å². The van der Waals surface area contributed by atoms with Gasteiger partial charge < -0.3 is 10.2 Å². The van der Waals surface area contributed by atoms with Crippen LogP contribution in [0.4, 0.5) is 15.9 Å². The lowest BCUT2D eigenvalue weighted by Gasteiger charge is -2.18. The number of anilines is 2. The normalized spacial score (nSPS) is 10.8. The number of thiophene rings is 1. The minimum absolute atomic E-state index is 0.0825. The monoisotopic (exact) mass is 392 g/mol. The number of amides is 1. The van der Waals surface area contributed by atoms with Crippen molar-refractivity contribution in [2.45, 2.75) is 0 Å². The van der Waals surface area contributed by atoms with E-state index in [0.717, 1.165) is 20.7 Å². The lowest BCUT2D eigenvalue weighted by Crippen LogP contribution is -2.30. The topological polar surface area (TPSA) is 58.1 Å². The summed E-state index contributed by atoms with van der Waals surface area (Å²) in [5, 5.41) is 3.60. The van der Waals surface area contributed by atoms with E-state index in [1.807, 2.05) is 36.4 Å². The maximum atomic E-state index is 13.3. The summed E-state index contributed by atoms with van der Waals surface area (Å²) in [4.78, 5) is 24.8. The first kappa shape index (κ1) is 18.1. The van der Waals surface area contributed by atoms with Gasteiger partial charge in [-0.1, -0.05) is 36.4 Å². The first-order valence-electron chi connectivity index (χ1n) is 8.66. The largest absolute Gasteiger partial charge is 0.350 e. The van der Waals surface area contributed by atoms with Gasteiger partial charge in [0.15, 0.2) is 0 Å². The fourth-order valence-electron chi connectivity index (χ4n) is 2.95. The number of halogens is 1. The molecule has 0 spiro atoms. The van der Waals surface area contributed by atoms with Gasteiger partial charge in [0.05, 0.1) is 11.9 Å². The van der Waals surface area contributed by atoms with E-state index in [0.29, 0.717) is 11.5 Å².